The van der Waals surface area contributed by atoms with Gasteiger partial charge >= 0.3 is 6.61 Å². The number of hydrogen-bond donors (Lipinski definition) is 1. The molecule has 0 aromatic heterocycles. The molecule has 0 saturated carbocycles. The number of aliphatic hydroxyl groups is 1. The van der Waals surface area contributed by atoms with Gasteiger partial charge in [0.15, 0.2) is 11.5 Å². The monoisotopic (exact) mass is 162 g/mol. The maximum Gasteiger partial charge on any atom is 0.387 e. The van der Waals surface area contributed by atoms with E-state index in [1.807, 2.05) is 0 Å². The summed E-state index contributed by atoms with van der Waals surface area (Å²) < 4.78 is 27.2. The van der Waals surface area contributed by atoms with Gasteiger partial charge in [-0.05, 0) is 25.0 Å². The van der Waals surface area contributed by atoms with Crippen LogP contribution in [0.25, 0.3) is 0 Å². The lowest BCUT2D eigenvalue weighted by Crippen LogP contribution is -2.03. The van der Waals surface area contributed by atoms with Gasteiger partial charge in [-0.3, -0.25) is 0 Å². The molecule has 1 aliphatic rings. The fraction of sp³-hybridized carbons (Fsp3) is 0.429. The zero-order valence-corrected chi connectivity index (χ0v) is 5.76. The van der Waals surface area contributed by atoms with E-state index >= 15 is 0 Å². The topological polar surface area (TPSA) is 29.5 Å². The van der Waals surface area contributed by atoms with E-state index in [0.29, 0.717) is 12.8 Å². The lowest BCUT2D eigenvalue weighted by atomic mass is 10.1. The van der Waals surface area contributed by atoms with Crippen LogP contribution in [0.1, 0.15) is 12.8 Å². The Morgan fingerprint density at radius 2 is 2.00 bits per heavy atom. The molecule has 0 bridgehead atoms. The van der Waals surface area contributed by atoms with Crippen LogP contribution in [0.2, 0.25) is 0 Å². The second-order valence-corrected chi connectivity index (χ2v) is 2.11. The van der Waals surface area contributed by atoms with Crippen molar-refractivity contribution in [2.45, 2.75) is 19.5 Å². The molecule has 4 heteroatoms. The molecule has 1 rings (SSSR count). The fourth-order valence-corrected chi connectivity index (χ4v) is 0.844. The number of halogens is 2. The summed E-state index contributed by atoms with van der Waals surface area (Å²) >= 11 is 0. The van der Waals surface area contributed by atoms with Crippen LogP contribution in [0.5, 0.6) is 0 Å². The molecule has 0 amide bonds. The molecule has 0 atom stereocenters. The van der Waals surface area contributed by atoms with Crippen LogP contribution in [0, 0.1) is 0 Å². The number of ether oxygens (including phenoxy) is 1. The van der Waals surface area contributed by atoms with Gasteiger partial charge in [0.25, 0.3) is 0 Å². The first-order valence-corrected chi connectivity index (χ1v) is 3.24. The van der Waals surface area contributed by atoms with Crippen LogP contribution in [-0.4, -0.2) is 11.7 Å². The molecule has 11 heavy (non-hydrogen) atoms. The second-order valence-electron chi connectivity index (χ2n) is 2.11. The minimum atomic E-state index is -2.87. The van der Waals surface area contributed by atoms with E-state index in [-0.39, 0.29) is 11.5 Å². The van der Waals surface area contributed by atoms with Gasteiger partial charge in [0.2, 0.25) is 0 Å². The molecule has 1 aliphatic carbocycles. The Labute approximate surface area is 62.8 Å². The highest BCUT2D eigenvalue weighted by atomic mass is 19.3. The van der Waals surface area contributed by atoms with Crippen LogP contribution in [0.3, 0.4) is 0 Å². The molecule has 0 radical (unpaired) electrons. The van der Waals surface area contributed by atoms with Crippen molar-refractivity contribution in [1.82, 2.24) is 0 Å². The van der Waals surface area contributed by atoms with Crippen molar-refractivity contribution >= 4 is 0 Å². The third-order valence-electron chi connectivity index (χ3n) is 1.30. The van der Waals surface area contributed by atoms with Gasteiger partial charge < -0.3 is 9.84 Å². The van der Waals surface area contributed by atoms with E-state index in [1.165, 1.54) is 12.2 Å². The molecule has 2 nitrogen and oxygen atoms in total. The first-order valence-electron chi connectivity index (χ1n) is 3.24. The van der Waals surface area contributed by atoms with Crippen molar-refractivity contribution in [2.75, 3.05) is 0 Å². The van der Waals surface area contributed by atoms with Crippen LogP contribution in [-0.2, 0) is 4.74 Å². The third kappa shape index (κ3) is 2.22. The number of aliphatic hydroxyl groups excluding tert-OH is 1. The molecule has 0 aromatic carbocycles. The van der Waals surface area contributed by atoms with E-state index in [9.17, 15) is 8.78 Å². The predicted molar refractivity (Wildman–Crippen MR) is 35.1 cm³/mol. The van der Waals surface area contributed by atoms with Gasteiger partial charge in [-0.2, -0.15) is 8.78 Å². The number of hydrogen-bond acceptors (Lipinski definition) is 2. The minimum absolute atomic E-state index is 0.119. The van der Waals surface area contributed by atoms with Crippen molar-refractivity contribution in [3.8, 4) is 0 Å². The first kappa shape index (κ1) is 8.04. The van der Waals surface area contributed by atoms with Crippen molar-refractivity contribution in [1.29, 1.82) is 0 Å². The molecule has 1 N–H and O–H groups in total. The van der Waals surface area contributed by atoms with E-state index in [1.54, 1.807) is 0 Å². The highest BCUT2D eigenvalue weighted by Gasteiger charge is 2.12. The van der Waals surface area contributed by atoms with Crippen molar-refractivity contribution in [2.24, 2.45) is 0 Å². The molecular weight excluding hydrogens is 154 g/mol. The molecule has 0 spiro atoms. The van der Waals surface area contributed by atoms with Crippen LogP contribution in [0.4, 0.5) is 8.78 Å². The van der Waals surface area contributed by atoms with Gasteiger partial charge in [0.05, 0.1) is 0 Å². The lowest BCUT2D eigenvalue weighted by molar-refractivity contribution is -0.0975. The zero-order chi connectivity index (χ0) is 8.27. The Morgan fingerprint density at radius 1 is 1.36 bits per heavy atom. The number of rotatable bonds is 2. The Hall–Kier alpha value is -1.06. The van der Waals surface area contributed by atoms with Gasteiger partial charge in [0, 0.05) is 0 Å². The predicted octanol–water partition coefficient (Wildman–Crippen LogP) is 2.35. The smallest absolute Gasteiger partial charge is 0.387 e. The summed E-state index contributed by atoms with van der Waals surface area (Å²) in [6.07, 6.45) is 4.20. The van der Waals surface area contributed by atoms with Gasteiger partial charge in [-0.15, -0.1) is 0 Å². The highest BCUT2D eigenvalue weighted by molar-refractivity contribution is 5.22. The summed E-state index contributed by atoms with van der Waals surface area (Å²) in [7, 11) is 0. The molecule has 0 heterocycles. The van der Waals surface area contributed by atoms with Crippen molar-refractivity contribution in [3.63, 3.8) is 0 Å². The number of alkyl halides is 2. The second kappa shape index (κ2) is 3.37. The maximum atomic E-state index is 11.6. The SMILES string of the molecule is OC1=CCCC=C1OC(F)F. The zero-order valence-electron chi connectivity index (χ0n) is 5.76. The molecule has 0 aromatic rings. The Morgan fingerprint density at radius 3 is 2.55 bits per heavy atom. The van der Waals surface area contributed by atoms with Gasteiger partial charge in [-0.1, -0.05) is 0 Å². The summed E-state index contributed by atoms with van der Waals surface area (Å²) in [6.45, 7) is -2.87. The molecule has 62 valence electrons. The fourth-order valence-electron chi connectivity index (χ4n) is 0.844. The molecule has 0 saturated heterocycles. The molecular formula is C7H8F2O2. The maximum absolute atomic E-state index is 11.6. The summed E-state index contributed by atoms with van der Waals surface area (Å²) in [4.78, 5) is 0. The Kier molecular flexibility index (Phi) is 2.46. The normalized spacial score (nSPS) is 17.7. The summed E-state index contributed by atoms with van der Waals surface area (Å²) in [5.74, 6) is -0.317. The minimum Gasteiger partial charge on any atom is -0.504 e. The average molecular weight is 162 g/mol. The van der Waals surface area contributed by atoms with Gasteiger partial charge in [0.1, 0.15) is 0 Å². The Bertz CT molecular complexity index is 197. The Balaban J connectivity index is 2.56. The third-order valence-corrected chi connectivity index (χ3v) is 1.30. The van der Waals surface area contributed by atoms with E-state index in [0.717, 1.165) is 0 Å². The first-order chi connectivity index (χ1) is 5.20. The van der Waals surface area contributed by atoms with Gasteiger partial charge in [-0.25, -0.2) is 0 Å². The van der Waals surface area contributed by atoms with E-state index < -0.39 is 6.61 Å². The molecule has 0 fully saturated rings. The lowest BCUT2D eigenvalue weighted by Gasteiger charge is -2.11. The van der Waals surface area contributed by atoms with Crippen LogP contribution >= 0.6 is 0 Å². The van der Waals surface area contributed by atoms with E-state index in [2.05, 4.69) is 4.74 Å². The van der Waals surface area contributed by atoms with Crippen molar-refractivity contribution in [3.05, 3.63) is 23.7 Å². The standard InChI is InChI=1S/C7H8F2O2/c8-7(9)11-6-4-2-1-3-5(6)10/h3-4,7,10H,1-2H2. The van der Waals surface area contributed by atoms with Crippen molar-refractivity contribution < 1.29 is 18.6 Å². The molecule has 0 aliphatic heterocycles. The average Bonchev–Trinajstić information content (AvgIpc) is 1.93. The summed E-state index contributed by atoms with van der Waals surface area (Å²) in [6, 6.07) is 0. The largest absolute Gasteiger partial charge is 0.504 e. The van der Waals surface area contributed by atoms with Crippen LogP contribution in [0.15, 0.2) is 23.7 Å². The van der Waals surface area contributed by atoms with E-state index in [4.69, 9.17) is 5.11 Å². The van der Waals surface area contributed by atoms with Crippen LogP contribution < -0.4 is 0 Å². The number of allylic oxidation sites excluding steroid dienone is 2. The molecule has 0 unspecified atom stereocenters. The quantitative estimate of drug-likeness (QED) is 0.675. The highest BCUT2D eigenvalue weighted by Crippen LogP contribution is 2.19. The summed E-state index contributed by atoms with van der Waals surface area (Å²) in [5.41, 5.74) is 0. The summed E-state index contributed by atoms with van der Waals surface area (Å²) in [5, 5.41) is 8.95.